The van der Waals surface area contributed by atoms with Crippen LogP contribution in [0.3, 0.4) is 0 Å². The van der Waals surface area contributed by atoms with E-state index in [4.69, 9.17) is 4.74 Å². The van der Waals surface area contributed by atoms with Crippen molar-refractivity contribution in [3.63, 3.8) is 0 Å². The summed E-state index contributed by atoms with van der Waals surface area (Å²) in [4.78, 5) is 14.1. The maximum atomic E-state index is 11.8. The minimum absolute atomic E-state index is 0.0225. The minimum Gasteiger partial charge on any atom is -0.466 e. The zero-order valence-electron chi connectivity index (χ0n) is 10.5. The highest BCUT2D eigenvalue weighted by molar-refractivity contribution is 14.1. The van der Waals surface area contributed by atoms with E-state index in [1.165, 1.54) is 5.56 Å². The van der Waals surface area contributed by atoms with Gasteiger partial charge < -0.3 is 4.74 Å². The fourth-order valence-corrected chi connectivity index (χ4v) is 3.36. The monoisotopic (exact) mass is 359 g/mol. The molecule has 0 bridgehead atoms. The van der Waals surface area contributed by atoms with Crippen LogP contribution in [0.25, 0.3) is 0 Å². The second-order valence-corrected chi connectivity index (χ2v) is 6.15. The molecular weight excluding hydrogens is 341 g/mol. The van der Waals surface area contributed by atoms with Gasteiger partial charge in [0.05, 0.1) is 12.5 Å². The van der Waals surface area contributed by atoms with Crippen LogP contribution in [0, 0.1) is 5.92 Å². The summed E-state index contributed by atoms with van der Waals surface area (Å²) in [6.45, 7) is 5.00. The van der Waals surface area contributed by atoms with Gasteiger partial charge >= 0.3 is 5.97 Å². The molecule has 1 saturated heterocycles. The number of nitrogens with zero attached hydrogens (tertiary/aromatic N) is 1. The van der Waals surface area contributed by atoms with Crippen molar-refractivity contribution >= 4 is 28.6 Å². The Morgan fingerprint density at radius 3 is 2.78 bits per heavy atom. The molecule has 1 aromatic rings. The van der Waals surface area contributed by atoms with E-state index in [0.717, 1.165) is 19.6 Å². The van der Waals surface area contributed by atoms with E-state index in [-0.39, 0.29) is 11.9 Å². The average Bonchev–Trinajstić information content (AvgIpc) is 2.72. The van der Waals surface area contributed by atoms with Crippen molar-refractivity contribution < 1.29 is 9.53 Å². The fourth-order valence-electron chi connectivity index (χ4n) is 2.28. The Hall–Kier alpha value is -0.620. The number of hydrogen-bond acceptors (Lipinski definition) is 3. The summed E-state index contributed by atoms with van der Waals surface area (Å²) in [5.74, 6) is -0.0262. The Labute approximate surface area is 122 Å². The summed E-state index contributed by atoms with van der Waals surface area (Å²) in [5.41, 5.74) is 1.30. The van der Waals surface area contributed by atoms with E-state index in [2.05, 4.69) is 51.8 Å². The van der Waals surface area contributed by atoms with Crippen LogP contribution in [0.2, 0.25) is 0 Å². The van der Waals surface area contributed by atoms with Gasteiger partial charge in [0.2, 0.25) is 0 Å². The van der Waals surface area contributed by atoms with Crippen LogP contribution in [0.4, 0.5) is 0 Å². The fraction of sp³-hybridized carbons (Fsp3) is 0.500. The summed E-state index contributed by atoms with van der Waals surface area (Å²) in [6.07, 6.45) is 0. The molecule has 1 fully saturated rings. The van der Waals surface area contributed by atoms with Gasteiger partial charge in [0, 0.05) is 23.6 Å². The first-order chi connectivity index (χ1) is 8.70. The molecule has 0 aliphatic carbocycles. The van der Waals surface area contributed by atoms with Gasteiger partial charge in [-0.1, -0.05) is 52.9 Å². The predicted molar refractivity (Wildman–Crippen MR) is 79.7 cm³/mol. The predicted octanol–water partition coefficient (Wildman–Crippen LogP) is 2.49. The third kappa shape index (κ3) is 3.45. The number of alkyl halides is 1. The average molecular weight is 359 g/mol. The van der Waals surface area contributed by atoms with E-state index < -0.39 is 0 Å². The molecule has 1 aliphatic heterocycles. The van der Waals surface area contributed by atoms with Crippen LogP contribution in [-0.4, -0.2) is 34.5 Å². The quantitative estimate of drug-likeness (QED) is 0.470. The third-order valence-corrected chi connectivity index (χ3v) is 4.42. The van der Waals surface area contributed by atoms with Crippen molar-refractivity contribution in [3.8, 4) is 0 Å². The lowest BCUT2D eigenvalue weighted by atomic mass is 10.1. The molecule has 0 radical (unpaired) electrons. The second kappa shape index (κ2) is 6.52. The van der Waals surface area contributed by atoms with Crippen LogP contribution < -0.4 is 0 Å². The van der Waals surface area contributed by atoms with Crippen molar-refractivity contribution in [2.75, 3.05) is 19.7 Å². The third-order valence-electron chi connectivity index (χ3n) is 3.16. The zero-order valence-corrected chi connectivity index (χ0v) is 12.7. The Morgan fingerprint density at radius 1 is 1.39 bits per heavy atom. The zero-order chi connectivity index (χ0) is 13.0. The largest absolute Gasteiger partial charge is 0.466 e. The van der Waals surface area contributed by atoms with Gasteiger partial charge in [-0.3, -0.25) is 9.69 Å². The van der Waals surface area contributed by atoms with Gasteiger partial charge in [-0.15, -0.1) is 0 Å². The van der Waals surface area contributed by atoms with Crippen LogP contribution >= 0.6 is 22.6 Å². The number of esters is 1. The van der Waals surface area contributed by atoms with Crippen LogP contribution in [0.1, 0.15) is 12.5 Å². The molecule has 3 nitrogen and oxygen atoms in total. The standard InChI is InChI=1S/C14H18INO2/c1-2-18-14(17)12-9-16(10-13(12)15)8-11-6-4-3-5-7-11/h3-7,12-13H,2,8-10H2,1H3/t12-,13+/m0/s1. The molecule has 18 heavy (non-hydrogen) atoms. The van der Waals surface area contributed by atoms with Gasteiger partial charge in [0.15, 0.2) is 0 Å². The molecule has 1 aliphatic rings. The summed E-state index contributed by atoms with van der Waals surface area (Å²) >= 11 is 2.36. The van der Waals surface area contributed by atoms with E-state index >= 15 is 0 Å². The van der Waals surface area contributed by atoms with Gasteiger partial charge in [0.1, 0.15) is 0 Å². The SMILES string of the molecule is CCOC(=O)[C@H]1CN(Cc2ccccc2)C[C@H]1I. The lowest BCUT2D eigenvalue weighted by Gasteiger charge is -2.15. The number of benzene rings is 1. The first kappa shape index (κ1) is 13.8. The molecule has 1 aromatic carbocycles. The molecule has 0 spiro atoms. The van der Waals surface area contributed by atoms with Gasteiger partial charge in [-0.2, -0.15) is 0 Å². The molecule has 0 N–H and O–H groups in total. The summed E-state index contributed by atoms with van der Waals surface area (Å²) in [5, 5.41) is 0. The number of halogens is 1. The Balaban J connectivity index is 1.92. The number of likely N-dealkylation sites (tertiary alicyclic amines) is 1. The summed E-state index contributed by atoms with van der Waals surface area (Å²) in [7, 11) is 0. The van der Waals surface area contributed by atoms with Crippen LogP contribution in [0.15, 0.2) is 30.3 Å². The number of rotatable bonds is 4. The van der Waals surface area contributed by atoms with E-state index in [1.807, 2.05) is 13.0 Å². The highest BCUT2D eigenvalue weighted by Gasteiger charge is 2.36. The first-order valence-corrected chi connectivity index (χ1v) is 7.52. The first-order valence-electron chi connectivity index (χ1n) is 6.27. The summed E-state index contributed by atoms with van der Waals surface area (Å²) < 4.78 is 5.48. The molecule has 98 valence electrons. The van der Waals surface area contributed by atoms with E-state index in [1.54, 1.807) is 0 Å². The Bertz CT molecular complexity index is 396. The van der Waals surface area contributed by atoms with Gasteiger partial charge in [0.25, 0.3) is 0 Å². The van der Waals surface area contributed by atoms with Gasteiger partial charge in [-0.05, 0) is 12.5 Å². The molecule has 0 unspecified atom stereocenters. The molecule has 0 aromatic heterocycles. The number of ether oxygens (including phenoxy) is 1. The van der Waals surface area contributed by atoms with Crippen molar-refractivity contribution in [3.05, 3.63) is 35.9 Å². The molecule has 4 heteroatoms. The smallest absolute Gasteiger partial charge is 0.311 e. The van der Waals surface area contributed by atoms with Crippen molar-refractivity contribution in [1.29, 1.82) is 0 Å². The Morgan fingerprint density at radius 2 is 2.11 bits per heavy atom. The van der Waals surface area contributed by atoms with E-state index in [9.17, 15) is 4.79 Å². The molecule has 0 amide bonds. The molecular formula is C14H18INO2. The Kier molecular flexibility index (Phi) is 5.00. The number of carbonyl (C=O) groups is 1. The van der Waals surface area contributed by atoms with Crippen molar-refractivity contribution in [2.45, 2.75) is 17.4 Å². The van der Waals surface area contributed by atoms with Crippen molar-refractivity contribution in [1.82, 2.24) is 4.90 Å². The number of carbonyl (C=O) groups excluding carboxylic acids is 1. The lowest BCUT2D eigenvalue weighted by molar-refractivity contribution is -0.147. The second-order valence-electron chi connectivity index (χ2n) is 4.55. The van der Waals surface area contributed by atoms with Gasteiger partial charge in [-0.25, -0.2) is 0 Å². The maximum absolute atomic E-state index is 11.8. The molecule has 2 atom stereocenters. The summed E-state index contributed by atoms with van der Waals surface area (Å²) in [6, 6.07) is 10.4. The molecule has 0 saturated carbocycles. The van der Waals surface area contributed by atoms with Crippen LogP contribution in [-0.2, 0) is 16.1 Å². The van der Waals surface area contributed by atoms with E-state index in [0.29, 0.717) is 10.5 Å². The highest BCUT2D eigenvalue weighted by Crippen LogP contribution is 2.26. The van der Waals surface area contributed by atoms with Crippen LogP contribution in [0.5, 0.6) is 0 Å². The topological polar surface area (TPSA) is 29.5 Å². The molecule has 1 heterocycles. The molecule has 2 rings (SSSR count). The van der Waals surface area contributed by atoms with Crippen molar-refractivity contribution in [2.24, 2.45) is 5.92 Å². The normalized spacial score (nSPS) is 24.1. The lowest BCUT2D eigenvalue weighted by Crippen LogP contribution is -2.25. The number of hydrogen-bond donors (Lipinski definition) is 0. The maximum Gasteiger partial charge on any atom is 0.311 e. The minimum atomic E-state index is -0.0486. The highest BCUT2D eigenvalue weighted by atomic mass is 127.